The number of benzene rings is 1. The minimum Gasteiger partial charge on any atom is -0.494 e. The fourth-order valence-electron chi connectivity index (χ4n) is 1.85. The normalized spacial score (nSPS) is 10.7. The Hall–Kier alpha value is -1.75. The van der Waals surface area contributed by atoms with Crippen LogP contribution in [-0.2, 0) is 4.74 Å². The van der Waals surface area contributed by atoms with E-state index in [0.29, 0.717) is 30.2 Å². The molecule has 0 atom stereocenters. The summed E-state index contributed by atoms with van der Waals surface area (Å²) in [4.78, 5) is 12.0. The van der Waals surface area contributed by atoms with Gasteiger partial charge in [0.15, 0.2) is 0 Å². The summed E-state index contributed by atoms with van der Waals surface area (Å²) < 4.78 is 10.8. The van der Waals surface area contributed by atoms with Crippen molar-refractivity contribution in [3.05, 3.63) is 23.8 Å². The Balaban J connectivity index is 2.38. The summed E-state index contributed by atoms with van der Waals surface area (Å²) in [5, 5.41) is 2.88. The highest BCUT2D eigenvalue weighted by Gasteiger charge is 2.08. The van der Waals surface area contributed by atoms with Gasteiger partial charge in [-0.2, -0.15) is 0 Å². The average Bonchev–Trinajstić information content (AvgIpc) is 2.41. The summed E-state index contributed by atoms with van der Waals surface area (Å²) in [6.45, 7) is 7.80. The molecule has 0 aliphatic rings. The van der Waals surface area contributed by atoms with Gasteiger partial charge in [-0.05, 0) is 45.7 Å². The maximum Gasteiger partial charge on any atom is 0.251 e. The Bertz CT molecular complexity index is 447. The monoisotopic (exact) mass is 294 g/mol. The van der Waals surface area contributed by atoms with Gasteiger partial charge in [0.05, 0.1) is 12.7 Å². The van der Waals surface area contributed by atoms with Crippen molar-refractivity contribution in [2.75, 3.05) is 25.5 Å². The zero-order chi connectivity index (χ0) is 15.7. The molecule has 0 aliphatic heterocycles. The zero-order valence-corrected chi connectivity index (χ0v) is 13.1. The minimum absolute atomic E-state index is 0.131. The van der Waals surface area contributed by atoms with E-state index in [-0.39, 0.29) is 12.0 Å². The highest BCUT2D eigenvalue weighted by atomic mass is 16.5. The molecule has 0 saturated heterocycles. The molecule has 1 aromatic carbocycles. The van der Waals surface area contributed by atoms with Crippen molar-refractivity contribution >= 4 is 11.6 Å². The molecule has 5 nitrogen and oxygen atoms in total. The van der Waals surface area contributed by atoms with Crippen LogP contribution in [0.4, 0.5) is 5.69 Å². The lowest BCUT2D eigenvalue weighted by Crippen LogP contribution is -2.24. The van der Waals surface area contributed by atoms with Crippen LogP contribution in [0.5, 0.6) is 5.75 Å². The number of nitrogens with one attached hydrogen (secondary N) is 1. The van der Waals surface area contributed by atoms with Crippen LogP contribution in [0.3, 0.4) is 0 Å². The summed E-state index contributed by atoms with van der Waals surface area (Å²) in [5.41, 5.74) is 6.82. The second-order valence-corrected chi connectivity index (χ2v) is 5.11. The molecule has 21 heavy (non-hydrogen) atoms. The Morgan fingerprint density at radius 2 is 2.05 bits per heavy atom. The Morgan fingerprint density at radius 1 is 1.29 bits per heavy atom. The number of rotatable bonds is 9. The highest BCUT2D eigenvalue weighted by molar-refractivity contribution is 5.95. The lowest BCUT2D eigenvalue weighted by molar-refractivity contribution is 0.0754. The maximum atomic E-state index is 12.0. The van der Waals surface area contributed by atoms with Gasteiger partial charge in [-0.15, -0.1) is 0 Å². The second-order valence-electron chi connectivity index (χ2n) is 5.11. The van der Waals surface area contributed by atoms with Gasteiger partial charge < -0.3 is 20.5 Å². The standard InChI is InChI=1S/C16H26N2O3/c1-4-20-15-10-13(9-14(17)11-15)16(19)18-7-5-6-8-21-12(2)3/h9-12H,4-8,17H2,1-3H3,(H,18,19). The zero-order valence-electron chi connectivity index (χ0n) is 13.1. The molecule has 0 bridgehead atoms. The molecular formula is C16H26N2O3. The van der Waals surface area contributed by atoms with E-state index in [0.717, 1.165) is 19.4 Å². The molecule has 0 saturated carbocycles. The van der Waals surface area contributed by atoms with E-state index in [1.165, 1.54) is 0 Å². The molecule has 0 unspecified atom stereocenters. The van der Waals surface area contributed by atoms with Crippen LogP contribution in [0, 0.1) is 0 Å². The van der Waals surface area contributed by atoms with Crippen molar-refractivity contribution in [3.63, 3.8) is 0 Å². The van der Waals surface area contributed by atoms with Crippen molar-refractivity contribution in [2.45, 2.75) is 39.7 Å². The minimum atomic E-state index is -0.131. The molecule has 118 valence electrons. The third-order valence-corrected chi connectivity index (χ3v) is 2.81. The van der Waals surface area contributed by atoms with E-state index in [4.69, 9.17) is 15.2 Å². The number of ether oxygens (including phenoxy) is 2. The maximum absolute atomic E-state index is 12.0. The van der Waals surface area contributed by atoms with Gasteiger partial charge in [0, 0.05) is 30.5 Å². The van der Waals surface area contributed by atoms with E-state index >= 15 is 0 Å². The number of hydrogen-bond donors (Lipinski definition) is 2. The molecular weight excluding hydrogens is 268 g/mol. The molecule has 0 heterocycles. The smallest absolute Gasteiger partial charge is 0.251 e. The third kappa shape index (κ3) is 6.99. The van der Waals surface area contributed by atoms with Gasteiger partial charge in [-0.1, -0.05) is 0 Å². The molecule has 0 aliphatic carbocycles. The summed E-state index contributed by atoms with van der Waals surface area (Å²) in [6.07, 6.45) is 2.07. The fraction of sp³-hybridized carbons (Fsp3) is 0.562. The number of hydrogen-bond acceptors (Lipinski definition) is 4. The molecule has 5 heteroatoms. The number of anilines is 1. The van der Waals surface area contributed by atoms with Gasteiger partial charge in [0.1, 0.15) is 5.75 Å². The van der Waals surface area contributed by atoms with E-state index in [1.54, 1.807) is 18.2 Å². The fourth-order valence-corrected chi connectivity index (χ4v) is 1.85. The van der Waals surface area contributed by atoms with Crippen LogP contribution in [0.1, 0.15) is 44.0 Å². The van der Waals surface area contributed by atoms with Crippen molar-refractivity contribution in [1.29, 1.82) is 0 Å². The first-order chi connectivity index (χ1) is 10.0. The number of unbranched alkanes of at least 4 members (excludes halogenated alkanes) is 1. The Morgan fingerprint density at radius 3 is 2.71 bits per heavy atom. The lowest BCUT2D eigenvalue weighted by Gasteiger charge is -2.10. The summed E-state index contributed by atoms with van der Waals surface area (Å²) in [5.74, 6) is 0.487. The molecule has 1 amide bonds. The molecule has 0 radical (unpaired) electrons. The van der Waals surface area contributed by atoms with Crippen LogP contribution in [0.2, 0.25) is 0 Å². The molecule has 1 aromatic rings. The number of carbonyl (C=O) groups is 1. The van der Waals surface area contributed by atoms with Gasteiger partial charge in [-0.25, -0.2) is 0 Å². The number of amides is 1. The van der Waals surface area contributed by atoms with Crippen LogP contribution >= 0.6 is 0 Å². The van der Waals surface area contributed by atoms with Gasteiger partial charge in [-0.3, -0.25) is 4.79 Å². The summed E-state index contributed by atoms with van der Waals surface area (Å²) in [7, 11) is 0. The highest BCUT2D eigenvalue weighted by Crippen LogP contribution is 2.18. The van der Waals surface area contributed by atoms with Crippen LogP contribution in [-0.4, -0.2) is 31.8 Å². The van der Waals surface area contributed by atoms with Crippen LogP contribution in [0.15, 0.2) is 18.2 Å². The van der Waals surface area contributed by atoms with Crippen molar-refractivity contribution in [1.82, 2.24) is 5.32 Å². The second kappa shape index (κ2) is 9.23. The predicted molar refractivity (Wildman–Crippen MR) is 84.7 cm³/mol. The topological polar surface area (TPSA) is 73.6 Å². The number of nitrogens with two attached hydrogens (primary N) is 1. The number of nitrogen functional groups attached to an aromatic ring is 1. The van der Waals surface area contributed by atoms with E-state index in [1.807, 2.05) is 20.8 Å². The van der Waals surface area contributed by atoms with Crippen molar-refractivity contribution < 1.29 is 14.3 Å². The third-order valence-electron chi connectivity index (χ3n) is 2.81. The summed E-state index contributed by atoms with van der Waals surface area (Å²) in [6, 6.07) is 5.07. The molecule has 0 aromatic heterocycles. The van der Waals surface area contributed by atoms with Gasteiger partial charge in [0.25, 0.3) is 5.91 Å². The lowest BCUT2D eigenvalue weighted by atomic mass is 10.1. The first kappa shape index (κ1) is 17.3. The van der Waals surface area contributed by atoms with E-state index in [9.17, 15) is 4.79 Å². The quantitative estimate of drug-likeness (QED) is 0.542. The molecule has 0 fully saturated rings. The van der Waals surface area contributed by atoms with Gasteiger partial charge in [0.2, 0.25) is 0 Å². The van der Waals surface area contributed by atoms with Crippen LogP contribution < -0.4 is 15.8 Å². The average molecular weight is 294 g/mol. The molecule has 1 rings (SSSR count). The van der Waals surface area contributed by atoms with E-state index in [2.05, 4.69) is 5.32 Å². The predicted octanol–water partition coefficient (Wildman–Crippen LogP) is 2.60. The van der Waals surface area contributed by atoms with Crippen LogP contribution in [0.25, 0.3) is 0 Å². The Kier molecular flexibility index (Phi) is 7.61. The Labute approximate surface area is 126 Å². The molecule has 0 spiro atoms. The first-order valence-corrected chi connectivity index (χ1v) is 7.46. The number of carbonyl (C=O) groups excluding carboxylic acids is 1. The molecule has 3 N–H and O–H groups in total. The van der Waals surface area contributed by atoms with Crippen molar-refractivity contribution in [2.24, 2.45) is 0 Å². The first-order valence-electron chi connectivity index (χ1n) is 7.46. The SMILES string of the molecule is CCOc1cc(N)cc(C(=O)NCCCCOC(C)C)c1. The van der Waals surface area contributed by atoms with Gasteiger partial charge >= 0.3 is 0 Å². The largest absolute Gasteiger partial charge is 0.494 e. The van der Waals surface area contributed by atoms with E-state index < -0.39 is 0 Å². The van der Waals surface area contributed by atoms with Crippen molar-refractivity contribution in [3.8, 4) is 5.75 Å². The summed E-state index contributed by atoms with van der Waals surface area (Å²) >= 11 is 0.